The molecule has 0 aliphatic heterocycles. The molecule has 0 radical (unpaired) electrons. The predicted molar refractivity (Wildman–Crippen MR) is 76.1 cm³/mol. The molecular weight excluding hydrogens is 278 g/mol. The van der Waals surface area contributed by atoms with Crippen LogP contribution in [0.25, 0.3) is 0 Å². The van der Waals surface area contributed by atoms with Gasteiger partial charge in [-0.3, -0.25) is 0 Å². The second kappa shape index (κ2) is 6.53. The largest absolute Gasteiger partial charge is 0.377 e. The van der Waals surface area contributed by atoms with Gasteiger partial charge >= 0.3 is 0 Å². The quantitative estimate of drug-likeness (QED) is 0.872. The fourth-order valence-corrected chi connectivity index (χ4v) is 2.76. The highest BCUT2D eigenvalue weighted by Crippen LogP contribution is 2.25. The molecule has 2 nitrogen and oxygen atoms in total. The van der Waals surface area contributed by atoms with Crippen molar-refractivity contribution in [2.75, 3.05) is 7.11 Å². The molecule has 0 aliphatic rings. The van der Waals surface area contributed by atoms with Gasteiger partial charge in [0.15, 0.2) is 0 Å². The van der Waals surface area contributed by atoms with Crippen LogP contribution >= 0.6 is 15.9 Å². The second-order valence-electron chi connectivity index (χ2n) is 4.42. The van der Waals surface area contributed by atoms with E-state index in [1.54, 1.807) is 7.11 Å². The summed E-state index contributed by atoms with van der Waals surface area (Å²) in [6.45, 7) is 4.27. The average Bonchev–Trinajstić information content (AvgIpc) is 2.32. The lowest BCUT2D eigenvalue weighted by atomic mass is 9.85. The van der Waals surface area contributed by atoms with Gasteiger partial charge in [-0.15, -0.1) is 0 Å². The molecule has 0 saturated heterocycles. The van der Waals surface area contributed by atoms with Crippen LogP contribution in [0.3, 0.4) is 0 Å². The molecule has 1 atom stereocenters. The van der Waals surface area contributed by atoms with Crippen molar-refractivity contribution in [3.63, 3.8) is 0 Å². The van der Waals surface area contributed by atoms with E-state index in [0.717, 1.165) is 23.7 Å². The van der Waals surface area contributed by atoms with Crippen LogP contribution in [0, 0.1) is 0 Å². The fourth-order valence-electron chi connectivity index (χ4n) is 2.32. The summed E-state index contributed by atoms with van der Waals surface area (Å²) in [6, 6.07) is 8.32. The van der Waals surface area contributed by atoms with Crippen LogP contribution in [0.4, 0.5) is 0 Å². The zero-order chi connectivity index (χ0) is 12.9. The van der Waals surface area contributed by atoms with Crippen LogP contribution in [0.15, 0.2) is 28.7 Å². The van der Waals surface area contributed by atoms with Gasteiger partial charge in [0.1, 0.15) is 0 Å². The van der Waals surface area contributed by atoms with Crippen LogP contribution in [-0.2, 0) is 11.2 Å². The predicted octanol–water partition coefficient (Wildman–Crippen LogP) is 3.52. The Kier molecular flexibility index (Phi) is 5.63. The number of hydrogen-bond donors (Lipinski definition) is 1. The van der Waals surface area contributed by atoms with E-state index in [2.05, 4.69) is 41.9 Å². The minimum atomic E-state index is -0.206. The molecule has 3 heteroatoms. The molecule has 96 valence electrons. The Bertz CT molecular complexity index is 342. The van der Waals surface area contributed by atoms with Crippen molar-refractivity contribution in [1.29, 1.82) is 0 Å². The first-order chi connectivity index (χ1) is 8.07. The zero-order valence-electron chi connectivity index (χ0n) is 10.9. The lowest BCUT2D eigenvalue weighted by molar-refractivity contribution is -0.0374. The fraction of sp³-hybridized carbons (Fsp3) is 0.571. The number of hydrogen-bond acceptors (Lipinski definition) is 2. The summed E-state index contributed by atoms with van der Waals surface area (Å²) >= 11 is 3.48. The molecule has 2 N–H and O–H groups in total. The van der Waals surface area contributed by atoms with Gasteiger partial charge in [-0.25, -0.2) is 0 Å². The average molecular weight is 300 g/mol. The van der Waals surface area contributed by atoms with E-state index in [-0.39, 0.29) is 11.6 Å². The summed E-state index contributed by atoms with van der Waals surface area (Å²) in [7, 11) is 1.76. The van der Waals surface area contributed by atoms with Crippen molar-refractivity contribution >= 4 is 15.9 Å². The second-order valence-corrected chi connectivity index (χ2v) is 5.33. The summed E-state index contributed by atoms with van der Waals surface area (Å²) in [4.78, 5) is 0. The van der Waals surface area contributed by atoms with Crippen molar-refractivity contribution in [2.45, 2.75) is 44.8 Å². The van der Waals surface area contributed by atoms with Gasteiger partial charge in [-0.2, -0.15) is 0 Å². The highest BCUT2D eigenvalue weighted by atomic mass is 79.9. The van der Waals surface area contributed by atoms with Crippen LogP contribution in [0.1, 0.15) is 32.3 Å². The molecule has 0 aromatic heterocycles. The Morgan fingerprint density at radius 1 is 1.35 bits per heavy atom. The van der Waals surface area contributed by atoms with E-state index >= 15 is 0 Å². The highest BCUT2D eigenvalue weighted by Gasteiger charge is 2.33. The van der Waals surface area contributed by atoms with E-state index in [0.29, 0.717) is 0 Å². The standard InChI is InChI=1S/C14H22BrNO/c1-4-14(5-2,17-3)13(16)10-11-7-6-8-12(15)9-11/h6-9,13H,4-5,10,16H2,1-3H3. The monoisotopic (exact) mass is 299 g/mol. The summed E-state index contributed by atoms with van der Waals surface area (Å²) < 4.78 is 6.76. The first kappa shape index (κ1) is 14.7. The third-order valence-electron chi connectivity index (χ3n) is 3.62. The van der Waals surface area contributed by atoms with Crippen LogP contribution < -0.4 is 5.73 Å². The van der Waals surface area contributed by atoms with Crippen LogP contribution in [0.2, 0.25) is 0 Å². The smallest absolute Gasteiger partial charge is 0.0826 e. The minimum Gasteiger partial charge on any atom is -0.377 e. The van der Waals surface area contributed by atoms with Crippen molar-refractivity contribution < 1.29 is 4.74 Å². The maximum atomic E-state index is 6.33. The Labute approximate surface area is 113 Å². The van der Waals surface area contributed by atoms with E-state index < -0.39 is 0 Å². The molecule has 0 saturated carbocycles. The molecule has 0 bridgehead atoms. The Balaban J connectivity index is 2.80. The Morgan fingerprint density at radius 2 is 2.00 bits per heavy atom. The molecule has 1 unspecified atom stereocenters. The molecule has 17 heavy (non-hydrogen) atoms. The van der Waals surface area contributed by atoms with Gasteiger partial charge in [-0.1, -0.05) is 41.9 Å². The maximum absolute atomic E-state index is 6.33. The third-order valence-corrected chi connectivity index (χ3v) is 4.12. The summed E-state index contributed by atoms with van der Waals surface area (Å²) in [6.07, 6.45) is 2.72. The van der Waals surface area contributed by atoms with Crippen LogP contribution in [-0.4, -0.2) is 18.8 Å². The molecule has 0 heterocycles. The molecule has 0 spiro atoms. The summed E-state index contributed by atoms with van der Waals surface area (Å²) in [5.41, 5.74) is 7.37. The van der Waals surface area contributed by atoms with E-state index in [1.165, 1.54) is 5.56 Å². The van der Waals surface area contributed by atoms with Crippen LogP contribution in [0.5, 0.6) is 0 Å². The van der Waals surface area contributed by atoms with Gasteiger partial charge in [-0.05, 0) is 37.0 Å². The van der Waals surface area contributed by atoms with Crippen molar-refractivity contribution in [3.8, 4) is 0 Å². The molecule has 0 amide bonds. The zero-order valence-corrected chi connectivity index (χ0v) is 12.5. The van der Waals surface area contributed by atoms with Crippen molar-refractivity contribution in [3.05, 3.63) is 34.3 Å². The molecule has 0 fully saturated rings. The number of nitrogens with two attached hydrogens (primary N) is 1. The summed E-state index contributed by atoms with van der Waals surface area (Å²) in [5, 5.41) is 0. The van der Waals surface area contributed by atoms with E-state index in [4.69, 9.17) is 10.5 Å². The van der Waals surface area contributed by atoms with Gasteiger partial charge in [0, 0.05) is 17.6 Å². The van der Waals surface area contributed by atoms with Gasteiger partial charge in [0.25, 0.3) is 0 Å². The molecule has 1 rings (SSSR count). The lowest BCUT2D eigenvalue weighted by Crippen LogP contribution is -2.50. The summed E-state index contributed by atoms with van der Waals surface area (Å²) in [5.74, 6) is 0. The molecule has 1 aromatic carbocycles. The minimum absolute atomic E-state index is 0.0248. The topological polar surface area (TPSA) is 35.2 Å². The maximum Gasteiger partial charge on any atom is 0.0826 e. The molecule has 0 aliphatic carbocycles. The lowest BCUT2D eigenvalue weighted by Gasteiger charge is -2.36. The molecular formula is C14H22BrNO. The number of halogens is 1. The van der Waals surface area contributed by atoms with E-state index in [9.17, 15) is 0 Å². The SMILES string of the molecule is CCC(CC)(OC)C(N)Cc1cccc(Br)c1. The van der Waals surface area contributed by atoms with Crippen molar-refractivity contribution in [1.82, 2.24) is 0 Å². The Hall–Kier alpha value is -0.380. The number of benzene rings is 1. The Morgan fingerprint density at radius 3 is 2.47 bits per heavy atom. The number of rotatable bonds is 6. The van der Waals surface area contributed by atoms with Gasteiger partial charge < -0.3 is 10.5 Å². The van der Waals surface area contributed by atoms with E-state index in [1.807, 2.05) is 12.1 Å². The third kappa shape index (κ3) is 3.54. The first-order valence-corrected chi connectivity index (χ1v) is 6.92. The van der Waals surface area contributed by atoms with Gasteiger partial charge in [0.05, 0.1) is 5.60 Å². The number of methoxy groups -OCH3 is 1. The first-order valence-electron chi connectivity index (χ1n) is 6.13. The number of ether oxygens (including phenoxy) is 1. The normalized spacial score (nSPS) is 13.7. The highest BCUT2D eigenvalue weighted by molar-refractivity contribution is 9.10. The molecule has 1 aromatic rings. The van der Waals surface area contributed by atoms with Gasteiger partial charge in [0.2, 0.25) is 0 Å². The van der Waals surface area contributed by atoms with Crippen molar-refractivity contribution in [2.24, 2.45) is 5.73 Å².